The average molecular weight is 213 g/mol. The quantitative estimate of drug-likeness (QED) is 0.782. The Bertz CT molecular complexity index is 385. The van der Waals surface area contributed by atoms with Gasteiger partial charge in [-0.25, -0.2) is 0 Å². The monoisotopic (exact) mass is 212 g/mol. The molecule has 0 atom stereocenters. The third kappa shape index (κ3) is 2.85. The van der Waals surface area contributed by atoms with Gasteiger partial charge in [0.1, 0.15) is 0 Å². The number of halogens is 1. The summed E-state index contributed by atoms with van der Waals surface area (Å²) in [6, 6.07) is 4.61. The fourth-order valence-electron chi connectivity index (χ4n) is 1.13. The van der Waals surface area contributed by atoms with Crippen LogP contribution in [0.25, 0.3) is 0 Å². The van der Waals surface area contributed by atoms with E-state index in [0.717, 1.165) is 0 Å². The summed E-state index contributed by atoms with van der Waals surface area (Å²) in [5, 5.41) is 8.94. The van der Waals surface area contributed by atoms with E-state index in [-0.39, 0.29) is 12.2 Å². The molecule has 0 bridgehead atoms. The average Bonchev–Trinajstić information content (AvgIpc) is 2.01. The van der Waals surface area contributed by atoms with Crippen molar-refractivity contribution in [1.29, 1.82) is 0 Å². The van der Waals surface area contributed by atoms with E-state index < -0.39 is 5.97 Å². The van der Waals surface area contributed by atoms with Gasteiger partial charge in [-0.05, 0) is 30.7 Å². The first kappa shape index (κ1) is 10.7. The second-order valence-corrected chi connectivity index (χ2v) is 3.41. The van der Waals surface area contributed by atoms with E-state index in [1.807, 2.05) is 0 Å². The molecule has 0 amide bonds. The van der Waals surface area contributed by atoms with Crippen molar-refractivity contribution in [3.63, 3.8) is 0 Å². The minimum atomic E-state index is -0.943. The second-order valence-electron chi connectivity index (χ2n) is 2.97. The van der Waals surface area contributed by atoms with Crippen molar-refractivity contribution in [3.8, 4) is 0 Å². The molecule has 0 fully saturated rings. The lowest BCUT2D eigenvalue weighted by Gasteiger charge is -2.01. The highest BCUT2D eigenvalue weighted by atomic mass is 35.5. The summed E-state index contributed by atoms with van der Waals surface area (Å²) in [7, 11) is 0. The molecule has 0 saturated carbocycles. The van der Waals surface area contributed by atoms with Crippen molar-refractivity contribution in [2.45, 2.75) is 13.3 Å². The Morgan fingerprint density at radius 2 is 2.00 bits per heavy atom. The molecule has 0 aliphatic heterocycles. The molecule has 14 heavy (non-hydrogen) atoms. The summed E-state index contributed by atoms with van der Waals surface area (Å²) in [4.78, 5) is 21.5. The van der Waals surface area contributed by atoms with Gasteiger partial charge in [-0.15, -0.1) is 0 Å². The number of hydrogen-bond acceptors (Lipinski definition) is 2. The van der Waals surface area contributed by atoms with Crippen molar-refractivity contribution >= 4 is 23.4 Å². The molecule has 0 unspecified atom stereocenters. The smallest absolute Gasteiger partial charge is 0.307 e. The summed E-state index contributed by atoms with van der Waals surface area (Å²) >= 11 is 5.73. The Morgan fingerprint density at radius 1 is 1.36 bits per heavy atom. The number of carboxylic acids is 1. The van der Waals surface area contributed by atoms with Gasteiger partial charge < -0.3 is 5.11 Å². The van der Waals surface area contributed by atoms with Crippen LogP contribution >= 0.6 is 11.6 Å². The topological polar surface area (TPSA) is 54.4 Å². The zero-order chi connectivity index (χ0) is 10.7. The van der Waals surface area contributed by atoms with Gasteiger partial charge in [0.15, 0.2) is 5.78 Å². The lowest BCUT2D eigenvalue weighted by atomic mass is 10.1. The van der Waals surface area contributed by atoms with Gasteiger partial charge in [-0.1, -0.05) is 11.6 Å². The molecule has 0 spiro atoms. The maximum Gasteiger partial charge on any atom is 0.307 e. The van der Waals surface area contributed by atoms with Crippen LogP contribution in [0.4, 0.5) is 0 Å². The van der Waals surface area contributed by atoms with Gasteiger partial charge in [0.05, 0.1) is 6.42 Å². The number of benzene rings is 1. The zero-order valence-electron chi connectivity index (χ0n) is 7.58. The van der Waals surface area contributed by atoms with Crippen LogP contribution in [-0.4, -0.2) is 16.9 Å². The van der Waals surface area contributed by atoms with Gasteiger partial charge in [-0.3, -0.25) is 9.59 Å². The van der Waals surface area contributed by atoms with E-state index in [1.54, 1.807) is 12.1 Å². The van der Waals surface area contributed by atoms with Crippen molar-refractivity contribution in [3.05, 3.63) is 34.3 Å². The predicted molar refractivity (Wildman–Crippen MR) is 52.8 cm³/mol. The molecule has 0 radical (unpaired) electrons. The Balaban J connectivity index is 3.07. The summed E-state index contributed by atoms with van der Waals surface area (Å²) in [6.07, 6.45) is -0.124. The number of carboxylic acid groups (broad SMARTS) is 1. The van der Waals surface area contributed by atoms with E-state index in [4.69, 9.17) is 16.7 Å². The molecule has 1 rings (SSSR count). The van der Waals surface area contributed by atoms with Crippen LogP contribution in [0.1, 0.15) is 22.8 Å². The molecule has 1 N–H and O–H groups in total. The minimum absolute atomic E-state index is 0.124. The van der Waals surface area contributed by atoms with E-state index >= 15 is 0 Å². The van der Waals surface area contributed by atoms with Crippen LogP contribution in [0.5, 0.6) is 0 Å². The van der Waals surface area contributed by atoms with Crippen molar-refractivity contribution in [2.75, 3.05) is 0 Å². The molecular formula is C10H9ClO3. The number of hydrogen-bond donors (Lipinski definition) is 1. The lowest BCUT2D eigenvalue weighted by molar-refractivity contribution is -0.136. The molecule has 0 aliphatic carbocycles. The van der Waals surface area contributed by atoms with Crippen LogP contribution in [0.2, 0.25) is 5.02 Å². The molecule has 0 heterocycles. The zero-order valence-corrected chi connectivity index (χ0v) is 8.34. The molecule has 0 aromatic heterocycles. The number of rotatable bonds is 3. The van der Waals surface area contributed by atoms with Crippen molar-refractivity contribution in [2.24, 2.45) is 0 Å². The second kappa shape index (κ2) is 4.24. The predicted octanol–water partition coefficient (Wildman–Crippen LogP) is 2.17. The molecule has 1 aromatic carbocycles. The highest BCUT2D eigenvalue weighted by Gasteiger charge is 2.06. The Hall–Kier alpha value is -1.35. The van der Waals surface area contributed by atoms with Crippen molar-refractivity contribution < 1.29 is 14.7 Å². The van der Waals surface area contributed by atoms with Crippen LogP contribution < -0.4 is 0 Å². The summed E-state index contributed by atoms with van der Waals surface area (Å²) in [5.41, 5.74) is 0.976. The number of carbonyl (C=O) groups is 2. The Morgan fingerprint density at radius 3 is 2.50 bits per heavy atom. The maximum atomic E-state index is 11.0. The SMILES string of the molecule is CC(=O)c1cc(Cl)cc(CC(=O)O)c1. The Labute approximate surface area is 86.3 Å². The number of carbonyl (C=O) groups excluding carboxylic acids is 1. The van der Waals surface area contributed by atoms with E-state index in [1.165, 1.54) is 13.0 Å². The maximum absolute atomic E-state index is 11.0. The molecule has 1 aromatic rings. The highest BCUT2D eigenvalue weighted by molar-refractivity contribution is 6.31. The molecule has 0 aliphatic rings. The number of Topliss-reactive ketones (excluding diaryl/α,β-unsaturated/α-hetero) is 1. The first-order valence-corrected chi connectivity index (χ1v) is 4.39. The first-order chi connectivity index (χ1) is 6.49. The van der Waals surface area contributed by atoms with Gasteiger partial charge in [0, 0.05) is 10.6 Å². The summed E-state index contributed by atoms with van der Waals surface area (Å²) in [5.74, 6) is -1.07. The highest BCUT2D eigenvalue weighted by Crippen LogP contribution is 2.16. The lowest BCUT2D eigenvalue weighted by Crippen LogP contribution is -2.02. The fraction of sp³-hybridized carbons (Fsp3) is 0.200. The van der Waals surface area contributed by atoms with Gasteiger partial charge in [-0.2, -0.15) is 0 Å². The largest absolute Gasteiger partial charge is 0.481 e. The van der Waals surface area contributed by atoms with E-state index in [2.05, 4.69) is 0 Å². The van der Waals surface area contributed by atoms with Crippen LogP contribution in [0, 0.1) is 0 Å². The third-order valence-corrected chi connectivity index (χ3v) is 1.94. The first-order valence-electron chi connectivity index (χ1n) is 4.01. The van der Waals surface area contributed by atoms with E-state index in [9.17, 15) is 9.59 Å². The number of aliphatic carboxylic acids is 1. The normalized spacial score (nSPS) is 9.86. The molecular weight excluding hydrogens is 204 g/mol. The van der Waals surface area contributed by atoms with Crippen molar-refractivity contribution in [1.82, 2.24) is 0 Å². The Kier molecular flexibility index (Phi) is 3.25. The molecule has 4 heteroatoms. The molecule has 3 nitrogen and oxygen atoms in total. The molecule has 74 valence electrons. The summed E-state index contributed by atoms with van der Waals surface area (Å²) < 4.78 is 0. The van der Waals surface area contributed by atoms with Crippen LogP contribution in [0.15, 0.2) is 18.2 Å². The van der Waals surface area contributed by atoms with Crippen LogP contribution in [-0.2, 0) is 11.2 Å². The fourth-order valence-corrected chi connectivity index (χ4v) is 1.39. The van der Waals surface area contributed by atoms with Crippen LogP contribution in [0.3, 0.4) is 0 Å². The molecule has 0 saturated heterocycles. The standard InChI is InChI=1S/C10H9ClO3/c1-6(12)8-2-7(4-10(13)14)3-9(11)5-8/h2-3,5H,4H2,1H3,(H,13,14). The van der Waals surface area contributed by atoms with E-state index in [0.29, 0.717) is 16.1 Å². The third-order valence-electron chi connectivity index (χ3n) is 1.72. The van der Waals surface area contributed by atoms with Gasteiger partial charge in [0.2, 0.25) is 0 Å². The minimum Gasteiger partial charge on any atom is -0.481 e. The summed E-state index contributed by atoms with van der Waals surface area (Å²) in [6.45, 7) is 1.41. The van der Waals surface area contributed by atoms with Gasteiger partial charge >= 0.3 is 5.97 Å². The number of ketones is 1. The van der Waals surface area contributed by atoms with Gasteiger partial charge in [0.25, 0.3) is 0 Å².